The molecule has 0 amide bonds. The maximum atomic E-state index is 11.9. The Morgan fingerprint density at radius 3 is 2.52 bits per heavy atom. The molecular formula is C26H44O5. The predicted molar refractivity (Wildman–Crippen MR) is 119 cm³/mol. The highest BCUT2D eigenvalue weighted by Gasteiger charge is 2.65. The quantitative estimate of drug-likeness (QED) is 0.569. The molecular weight excluding hydrogens is 392 g/mol. The van der Waals surface area contributed by atoms with Gasteiger partial charge in [0.15, 0.2) is 0 Å². The lowest BCUT2D eigenvalue weighted by Crippen LogP contribution is -2.62. The molecule has 0 aromatic rings. The molecule has 0 aliphatic heterocycles. The van der Waals surface area contributed by atoms with Crippen molar-refractivity contribution in [2.75, 3.05) is 6.61 Å². The highest BCUT2D eigenvalue weighted by Crippen LogP contribution is 2.68. The molecule has 31 heavy (non-hydrogen) atoms. The van der Waals surface area contributed by atoms with Crippen LogP contribution in [0.4, 0.5) is 0 Å². The Bertz CT molecular complexity index is 666. The van der Waals surface area contributed by atoms with E-state index in [1.165, 1.54) is 0 Å². The molecule has 0 saturated heterocycles. The Labute approximate surface area is 187 Å². The van der Waals surface area contributed by atoms with Crippen LogP contribution in [-0.4, -0.2) is 46.2 Å². The summed E-state index contributed by atoms with van der Waals surface area (Å²) in [4.78, 5) is 11.9. The molecule has 0 aromatic heterocycles. The van der Waals surface area contributed by atoms with Crippen molar-refractivity contribution < 1.29 is 24.9 Å². The minimum atomic E-state index is -0.370. The number of carbonyl (C=O) groups excluding carboxylic acids is 1. The third-order valence-electron chi connectivity index (χ3n) is 10.6. The lowest BCUT2D eigenvalue weighted by Gasteiger charge is -2.63. The van der Waals surface area contributed by atoms with Crippen LogP contribution < -0.4 is 0 Å². The first kappa shape index (κ1) is 23.5. The lowest BCUT2D eigenvalue weighted by molar-refractivity contribution is -0.207. The fourth-order valence-electron chi connectivity index (χ4n) is 8.91. The summed E-state index contributed by atoms with van der Waals surface area (Å²) in [6.45, 7) is 9.13. The highest BCUT2D eigenvalue weighted by atomic mass is 16.5. The molecule has 0 heterocycles. The molecule has 4 aliphatic carbocycles. The van der Waals surface area contributed by atoms with Gasteiger partial charge in [-0.15, -0.1) is 0 Å². The summed E-state index contributed by atoms with van der Waals surface area (Å²) in [6.07, 6.45) is 6.62. The first-order chi connectivity index (χ1) is 14.6. The van der Waals surface area contributed by atoms with Crippen LogP contribution in [0.3, 0.4) is 0 Å². The summed E-state index contributed by atoms with van der Waals surface area (Å²) in [5.74, 6) is 1.84. The molecule has 0 bridgehead atoms. The monoisotopic (exact) mass is 436 g/mol. The first-order valence-corrected chi connectivity index (χ1v) is 12.8. The van der Waals surface area contributed by atoms with Crippen molar-refractivity contribution in [2.24, 2.45) is 46.3 Å². The van der Waals surface area contributed by atoms with Crippen LogP contribution in [0.25, 0.3) is 0 Å². The van der Waals surface area contributed by atoms with E-state index in [9.17, 15) is 20.1 Å². The minimum absolute atomic E-state index is 0.110. The maximum Gasteiger partial charge on any atom is 0.305 e. The third kappa shape index (κ3) is 3.77. The van der Waals surface area contributed by atoms with Gasteiger partial charge in [-0.25, -0.2) is 0 Å². The number of ether oxygens (including phenoxy) is 1. The second-order valence-electron chi connectivity index (χ2n) is 11.8. The molecule has 5 heteroatoms. The molecule has 0 aromatic carbocycles. The van der Waals surface area contributed by atoms with E-state index in [1.807, 2.05) is 6.92 Å². The molecule has 4 unspecified atom stereocenters. The second kappa shape index (κ2) is 8.61. The molecule has 4 fully saturated rings. The Kier molecular flexibility index (Phi) is 6.53. The summed E-state index contributed by atoms with van der Waals surface area (Å²) in [5, 5.41) is 33.1. The van der Waals surface area contributed by atoms with Gasteiger partial charge in [-0.05, 0) is 105 Å². The standard InChI is InChI=1S/C26H44O5/c1-5-31-23(30)9-6-15(2)18-7-8-19-24-20(14-22(29)26(18,19)4)25(3)11-10-17(27)12-16(25)13-21(24)28/h15-22,24,27-29H,5-14H2,1-4H3/t15-,16?,17?,18-,19+,20+,21?,22?,24+,25+,26-/m1/s1. The molecule has 4 rings (SSSR count). The Hall–Kier alpha value is -0.650. The number of hydrogen-bond donors (Lipinski definition) is 3. The zero-order valence-electron chi connectivity index (χ0n) is 19.9. The number of hydrogen-bond acceptors (Lipinski definition) is 5. The van der Waals surface area contributed by atoms with Gasteiger partial charge in [-0.2, -0.15) is 0 Å². The van der Waals surface area contributed by atoms with E-state index < -0.39 is 0 Å². The summed E-state index contributed by atoms with van der Waals surface area (Å²) < 4.78 is 5.12. The van der Waals surface area contributed by atoms with Crippen LogP contribution >= 0.6 is 0 Å². The summed E-state index contributed by atoms with van der Waals surface area (Å²) in [5.41, 5.74) is -0.0906. The highest BCUT2D eigenvalue weighted by molar-refractivity contribution is 5.69. The van der Waals surface area contributed by atoms with Gasteiger partial charge < -0.3 is 20.1 Å². The third-order valence-corrected chi connectivity index (χ3v) is 10.6. The van der Waals surface area contributed by atoms with Crippen LogP contribution in [0.2, 0.25) is 0 Å². The van der Waals surface area contributed by atoms with Crippen molar-refractivity contribution in [2.45, 2.75) is 104 Å². The first-order valence-electron chi connectivity index (χ1n) is 12.8. The van der Waals surface area contributed by atoms with E-state index >= 15 is 0 Å². The largest absolute Gasteiger partial charge is 0.466 e. The van der Waals surface area contributed by atoms with Crippen molar-refractivity contribution in [3.05, 3.63) is 0 Å². The van der Waals surface area contributed by atoms with Gasteiger partial charge >= 0.3 is 5.97 Å². The average Bonchev–Trinajstić information content (AvgIpc) is 3.07. The van der Waals surface area contributed by atoms with Gasteiger partial charge in [0, 0.05) is 6.42 Å². The van der Waals surface area contributed by atoms with Crippen LogP contribution in [0, 0.1) is 46.3 Å². The molecule has 3 N–H and O–H groups in total. The van der Waals surface area contributed by atoms with Gasteiger partial charge in [0.25, 0.3) is 0 Å². The minimum Gasteiger partial charge on any atom is -0.466 e. The van der Waals surface area contributed by atoms with Crippen molar-refractivity contribution >= 4 is 5.97 Å². The number of aliphatic hydroxyl groups excluding tert-OH is 3. The zero-order valence-corrected chi connectivity index (χ0v) is 19.9. The number of rotatable bonds is 5. The van der Waals surface area contributed by atoms with E-state index in [4.69, 9.17) is 4.74 Å². The fraction of sp³-hybridized carbons (Fsp3) is 0.962. The summed E-state index contributed by atoms with van der Waals surface area (Å²) >= 11 is 0. The van der Waals surface area contributed by atoms with Crippen molar-refractivity contribution in [3.63, 3.8) is 0 Å². The Morgan fingerprint density at radius 2 is 1.81 bits per heavy atom. The lowest BCUT2D eigenvalue weighted by atomic mass is 9.43. The Balaban J connectivity index is 1.54. The molecule has 0 radical (unpaired) electrons. The van der Waals surface area contributed by atoms with Crippen molar-refractivity contribution in [1.29, 1.82) is 0 Å². The maximum absolute atomic E-state index is 11.9. The molecule has 178 valence electrons. The zero-order chi connectivity index (χ0) is 22.6. The van der Waals surface area contributed by atoms with E-state index in [1.54, 1.807) is 0 Å². The van der Waals surface area contributed by atoms with Crippen molar-refractivity contribution in [3.8, 4) is 0 Å². The number of esters is 1. The second-order valence-corrected chi connectivity index (χ2v) is 11.8. The van der Waals surface area contributed by atoms with Crippen molar-refractivity contribution in [1.82, 2.24) is 0 Å². The van der Waals surface area contributed by atoms with Gasteiger partial charge in [-0.1, -0.05) is 20.8 Å². The molecule has 4 saturated carbocycles. The molecule has 0 spiro atoms. The summed E-state index contributed by atoms with van der Waals surface area (Å²) in [6, 6.07) is 0. The van der Waals surface area contributed by atoms with Crippen LogP contribution in [0.5, 0.6) is 0 Å². The number of carbonyl (C=O) groups is 1. The summed E-state index contributed by atoms with van der Waals surface area (Å²) in [7, 11) is 0. The van der Waals surface area contributed by atoms with Gasteiger partial charge in [0.1, 0.15) is 0 Å². The van der Waals surface area contributed by atoms with Gasteiger partial charge in [0.05, 0.1) is 24.9 Å². The van der Waals surface area contributed by atoms with E-state index in [0.717, 1.165) is 51.4 Å². The SMILES string of the molecule is CCOC(=O)CC[C@@H](C)[C@H]1CC[C@H]2[C@@H]3C(O)CC4CC(O)CC[C@]4(C)[C@H]3CC(O)[C@]12C. The van der Waals surface area contributed by atoms with Gasteiger partial charge in [-0.3, -0.25) is 4.79 Å². The topological polar surface area (TPSA) is 87.0 Å². The van der Waals surface area contributed by atoms with Crippen LogP contribution in [0.15, 0.2) is 0 Å². The van der Waals surface area contributed by atoms with Crippen LogP contribution in [0.1, 0.15) is 85.5 Å². The van der Waals surface area contributed by atoms with Crippen LogP contribution in [-0.2, 0) is 9.53 Å². The molecule has 4 aliphatic rings. The number of aliphatic hydroxyl groups is 3. The number of fused-ring (bicyclic) bond motifs is 5. The molecule has 11 atom stereocenters. The fourth-order valence-corrected chi connectivity index (χ4v) is 8.91. The Morgan fingerprint density at radius 1 is 1.06 bits per heavy atom. The predicted octanol–water partition coefficient (Wildman–Crippen LogP) is 3.93. The molecule has 5 nitrogen and oxygen atoms in total. The average molecular weight is 437 g/mol. The van der Waals surface area contributed by atoms with E-state index in [0.29, 0.717) is 42.6 Å². The normalized spacial score (nSPS) is 50.2. The smallest absolute Gasteiger partial charge is 0.305 e. The van der Waals surface area contributed by atoms with E-state index in [2.05, 4.69) is 20.8 Å². The van der Waals surface area contributed by atoms with Gasteiger partial charge in [0.2, 0.25) is 0 Å². The van der Waals surface area contributed by atoms with E-state index in [-0.39, 0.29) is 41.0 Å².